The highest BCUT2D eigenvalue weighted by atomic mass is 32.2. The number of halogens is 2. The fourth-order valence-corrected chi connectivity index (χ4v) is 5.40. The van der Waals surface area contributed by atoms with Gasteiger partial charge >= 0.3 is 5.69 Å². The molecule has 2 heterocycles. The molecule has 0 unspecified atom stereocenters. The highest BCUT2D eigenvalue weighted by Gasteiger charge is 2.37. The van der Waals surface area contributed by atoms with Crippen LogP contribution < -0.4 is 5.69 Å². The number of rotatable bonds is 5. The first kappa shape index (κ1) is 22.1. The van der Waals surface area contributed by atoms with Crippen LogP contribution in [0.15, 0.2) is 27.9 Å². The van der Waals surface area contributed by atoms with E-state index in [0.29, 0.717) is 37.0 Å². The van der Waals surface area contributed by atoms with Gasteiger partial charge in [-0.15, -0.1) is 0 Å². The molecule has 0 atom stereocenters. The van der Waals surface area contributed by atoms with E-state index >= 15 is 0 Å². The van der Waals surface area contributed by atoms with E-state index in [-0.39, 0.29) is 60.6 Å². The summed E-state index contributed by atoms with van der Waals surface area (Å²) in [6, 6.07) is 4.58. The van der Waals surface area contributed by atoms with Gasteiger partial charge < -0.3 is 4.98 Å². The Morgan fingerprint density at radius 1 is 1.16 bits per heavy atom. The van der Waals surface area contributed by atoms with Gasteiger partial charge in [-0.25, -0.2) is 22.0 Å². The van der Waals surface area contributed by atoms with E-state index in [4.69, 9.17) is 0 Å². The predicted molar refractivity (Wildman–Crippen MR) is 112 cm³/mol. The Balaban J connectivity index is 1.40. The van der Waals surface area contributed by atoms with Gasteiger partial charge in [-0.2, -0.15) is 0 Å². The molecule has 2 aromatic rings. The molecule has 4 rings (SSSR count). The van der Waals surface area contributed by atoms with Crippen LogP contribution in [0.5, 0.6) is 0 Å². The first-order valence-corrected chi connectivity index (χ1v) is 12.5. The normalized spacial score (nSPS) is 21.5. The Hall–Kier alpha value is -2.07. The van der Waals surface area contributed by atoms with Crippen LogP contribution in [0.1, 0.15) is 44.6 Å². The Bertz CT molecular complexity index is 1140. The van der Waals surface area contributed by atoms with Crippen LogP contribution in [-0.4, -0.2) is 60.5 Å². The van der Waals surface area contributed by atoms with Gasteiger partial charge in [0.25, 0.3) is 0 Å². The predicted octanol–water partition coefficient (Wildman–Crippen LogP) is 2.76. The zero-order valence-electron chi connectivity index (χ0n) is 17.4. The molecule has 1 aromatic heterocycles. The maximum absolute atomic E-state index is 13.3. The third kappa shape index (κ3) is 4.74. The van der Waals surface area contributed by atoms with Crippen LogP contribution >= 0.6 is 0 Å². The van der Waals surface area contributed by atoms with E-state index in [1.54, 1.807) is 10.6 Å². The molecule has 1 N–H and O–H groups in total. The standard InChI is InChI=1S/C21H27F2N3O4S/c1-31(29,30)16-2-3-18-17(12-16)24-20(28)26(18)15-6-10-25(11-7-15)13-19(27)14-4-8-21(22,23)9-5-14/h2-3,12,14-15H,4-11,13H2,1H3,(H,24,28). The molecule has 1 saturated heterocycles. The minimum absolute atomic E-state index is 0.0338. The molecule has 0 bridgehead atoms. The van der Waals surface area contributed by atoms with Crippen molar-refractivity contribution >= 4 is 26.7 Å². The maximum Gasteiger partial charge on any atom is 0.326 e. The Morgan fingerprint density at radius 2 is 1.81 bits per heavy atom. The summed E-state index contributed by atoms with van der Waals surface area (Å²) in [4.78, 5) is 30.0. The summed E-state index contributed by atoms with van der Waals surface area (Å²) >= 11 is 0. The molecule has 1 saturated carbocycles. The number of nitrogens with one attached hydrogen (secondary N) is 1. The summed E-state index contributed by atoms with van der Waals surface area (Å²) in [5, 5.41) is 0. The number of likely N-dealkylation sites (tertiary alicyclic amines) is 1. The summed E-state index contributed by atoms with van der Waals surface area (Å²) in [7, 11) is -3.37. The lowest BCUT2D eigenvalue weighted by Gasteiger charge is -2.34. The fourth-order valence-electron chi connectivity index (χ4n) is 4.75. The lowest BCUT2D eigenvalue weighted by molar-refractivity contribution is -0.128. The maximum atomic E-state index is 13.3. The smallest absolute Gasteiger partial charge is 0.305 e. The molecule has 2 fully saturated rings. The number of ketones is 1. The van der Waals surface area contributed by atoms with E-state index in [0.717, 1.165) is 6.26 Å². The number of carbonyl (C=O) groups excluding carboxylic acids is 1. The van der Waals surface area contributed by atoms with Gasteiger partial charge in [-0.05, 0) is 43.9 Å². The summed E-state index contributed by atoms with van der Waals surface area (Å²) in [6.45, 7) is 1.54. The Kier molecular flexibility index (Phi) is 5.80. The number of aromatic nitrogens is 2. The summed E-state index contributed by atoms with van der Waals surface area (Å²) in [5.41, 5.74) is 0.869. The number of aromatic amines is 1. The minimum Gasteiger partial charge on any atom is -0.305 e. The number of piperidine rings is 1. The van der Waals surface area contributed by atoms with Crippen LogP contribution in [0.25, 0.3) is 11.0 Å². The van der Waals surface area contributed by atoms with Gasteiger partial charge in [0.2, 0.25) is 5.92 Å². The number of nitrogens with zero attached hydrogens (tertiary/aromatic N) is 2. The molecule has 31 heavy (non-hydrogen) atoms. The van der Waals surface area contributed by atoms with Crippen molar-refractivity contribution in [2.24, 2.45) is 5.92 Å². The van der Waals surface area contributed by atoms with Gasteiger partial charge in [0.1, 0.15) is 5.78 Å². The Labute approximate surface area is 179 Å². The molecule has 0 radical (unpaired) electrons. The zero-order valence-corrected chi connectivity index (χ0v) is 18.3. The third-order valence-corrected chi connectivity index (χ3v) is 7.70. The van der Waals surface area contributed by atoms with Crippen molar-refractivity contribution in [3.05, 3.63) is 28.7 Å². The van der Waals surface area contributed by atoms with Gasteiger partial charge in [-0.1, -0.05) is 0 Å². The van der Waals surface area contributed by atoms with E-state index < -0.39 is 15.8 Å². The highest BCUT2D eigenvalue weighted by molar-refractivity contribution is 7.90. The number of carbonyl (C=O) groups is 1. The first-order valence-electron chi connectivity index (χ1n) is 10.6. The Morgan fingerprint density at radius 3 is 2.42 bits per heavy atom. The van der Waals surface area contributed by atoms with Crippen LogP contribution in [0.4, 0.5) is 8.78 Å². The molecular formula is C21H27F2N3O4S. The van der Waals surface area contributed by atoms with E-state index in [1.807, 2.05) is 4.90 Å². The number of Topliss-reactive ketones (excluding diaryl/α,β-unsaturated/α-hetero) is 1. The second kappa shape index (κ2) is 8.12. The van der Waals surface area contributed by atoms with Crippen LogP contribution in [0, 0.1) is 5.92 Å². The van der Waals surface area contributed by atoms with Crippen molar-refractivity contribution in [3.8, 4) is 0 Å². The third-order valence-electron chi connectivity index (χ3n) is 6.59. The molecule has 0 amide bonds. The number of benzene rings is 1. The molecular weight excluding hydrogens is 428 g/mol. The quantitative estimate of drug-likeness (QED) is 0.749. The highest BCUT2D eigenvalue weighted by Crippen LogP contribution is 2.36. The topological polar surface area (TPSA) is 92.2 Å². The van der Waals surface area contributed by atoms with Crippen molar-refractivity contribution in [3.63, 3.8) is 0 Å². The molecule has 170 valence electrons. The molecule has 1 aliphatic carbocycles. The number of H-pyrrole nitrogens is 1. The van der Waals surface area contributed by atoms with Crippen molar-refractivity contribution in [2.75, 3.05) is 25.9 Å². The van der Waals surface area contributed by atoms with Gasteiger partial charge in [0.15, 0.2) is 9.84 Å². The lowest BCUT2D eigenvalue weighted by atomic mass is 9.84. The van der Waals surface area contributed by atoms with Crippen molar-refractivity contribution in [2.45, 2.75) is 55.4 Å². The van der Waals surface area contributed by atoms with E-state index in [1.165, 1.54) is 12.1 Å². The average molecular weight is 456 g/mol. The van der Waals surface area contributed by atoms with Crippen LogP contribution in [-0.2, 0) is 14.6 Å². The van der Waals surface area contributed by atoms with Crippen molar-refractivity contribution in [1.82, 2.24) is 14.5 Å². The molecule has 10 heteroatoms. The largest absolute Gasteiger partial charge is 0.326 e. The zero-order chi connectivity index (χ0) is 22.4. The second-order valence-corrected chi connectivity index (χ2v) is 10.9. The van der Waals surface area contributed by atoms with Crippen molar-refractivity contribution < 1.29 is 22.0 Å². The molecule has 1 aliphatic heterocycles. The molecule has 0 spiro atoms. The number of alkyl halides is 2. The van der Waals surface area contributed by atoms with E-state index in [2.05, 4.69) is 4.98 Å². The van der Waals surface area contributed by atoms with Gasteiger partial charge in [0, 0.05) is 44.1 Å². The minimum atomic E-state index is -3.37. The van der Waals surface area contributed by atoms with Crippen LogP contribution in [0.2, 0.25) is 0 Å². The monoisotopic (exact) mass is 455 g/mol. The van der Waals surface area contributed by atoms with Crippen molar-refractivity contribution in [1.29, 1.82) is 0 Å². The lowest BCUT2D eigenvalue weighted by Crippen LogP contribution is -2.41. The number of imidazole rings is 1. The average Bonchev–Trinajstić information content (AvgIpc) is 3.02. The number of fused-ring (bicyclic) bond motifs is 1. The molecule has 1 aromatic carbocycles. The number of hydrogen-bond donors (Lipinski definition) is 1. The molecule has 2 aliphatic rings. The molecule has 7 nitrogen and oxygen atoms in total. The first-order chi connectivity index (χ1) is 14.5. The number of hydrogen-bond acceptors (Lipinski definition) is 5. The second-order valence-electron chi connectivity index (χ2n) is 8.86. The van der Waals surface area contributed by atoms with Gasteiger partial charge in [-0.3, -0.25) is 14.3 Å². The summed E-state index contributed by atoms with van der Waals surface area (Å²) in [5.74, 6) is -2.88. The summed E-state index contributed by atoms with van der Waals surface area (Å²) < 4.78 is 51.9. The summed E-state index contributed by atoms with van der Waals surface area (Å²) in [6.07, 6.45) is 2.56. The fraction of sp³-hybridized carbons (Fsp3) is 0.619. The number of sulfone groups is 1. The van der Waals surface area contributed by atoms with Gasteiger partial charge in [0.05, 0.1) is 22.5 Å². The van der Waals surface area contributed by atoms with Crippen LogP contribution in [0.3, 0.4) is 0 Å². The SMILES string of the molecule is CS(=O)(=O)c1ccc2c(c1)[nH]c(=O)n2C1CCN(CC(=O)C2CCC(F)(F)CC2)CC1. The van der Waals surface area contributed by atoms with E-state index in [9.17, 15) is 26.8 Å².